The first-order valence-corrected chi connectivity index (χ1v) is 14.4. The molecular weight excluding hydrogens is 490 g/mol. The largest absolute Gasteiger partial charge is 0.329 e. The van der Waals surface area contributed by atoms with Crippen LogP contribution in [-0.2, 0) is 4.79 Å². The molecule has 0 spiro atoms. The summed E-state index contributed by atoms with van der Waals surface area (Å²) in [5.41, 5.74) is 2.98. The lowest BCUT2D eigenvalue weighted by Crippen LogP contribution is -2.34. The number of likely N-dealkylation sites (tertiary alicyclic amines) is 1. The smallest absolute Gasteiger partial charge is 0.326 e. The Bertz CT molecular complexity index is 1350. The van der Waals surface area contributed by atoms with E-state index in [0.29, 0.717) is 31.0 Å². The predicted molar refractivity (Wildman–Crippen MR) is 149 cm³/mol. The molecule has 2 amide bonds. The molecule has 0 unspecified atom stereocenters. The normalized spacial score (nSPS) is 24.7. The average molecular weight is 530 g/mol. The lowest BCUT2D eigenvalue weighted by Gasteiger charge is -2.36. The topological polar surface area (TPSA) is 97.9 Å². The van der Waals surface area contributed by atoms with Crippen LogP contribution in [0.25, 0.3) is 0 Å². The number of hydrogen-bond acceptors (Lipinski definition) is 5. The number of aryl methyl sites for hydroxylation is 2. The third-order valence-electron chi connectivity index (χ3n) is 8.69. The number of rotatable bonds is 7. The van der Waals surface area contributed by atoms with E-state index in [0.717, 1.165) is 60.1 Å². The predicted octanol–water partition coefficient (Wildman–Crippen LogP) is 5.29. The van der Waals surface area contributed by atoms with E-state index in [1.807, 2.05) is 26.0 Å². The van der Waals surface area contributed by atoms with Gasteiger partial charge in [-0.1, -0.05) is 31.5 Å². The summed E-state index contributed by atoms with van der Waals surface area (Å²) in [6.07, 6.45) is 10.6. The fourth-order valence-corrected chi connectivity index (χ4v) is 6.56. The second kappa shape index (κ2) is 10.2. The maximum absolute atomic E-state index is 13.8. The Morgan fingerprint density at radius 1 is 1.08 bits per heavy atom. The first kappa shape index (κ1) is 25.8. The fraction of sp³-hybridized carbons (Fsp3) is 0.567. The van der Waals surface area contributed by atoms with Gasteiger partial charge in [-0.3, -0.25) is 9.36 Å². The lowest BCUT2D eigenvalue weighted by molar-refractivity contribution is -0.119. The molecule has 2 aliphatic carbocycles. The molecule has 9 nitrogen and oxygen atoms in total. The van der Waals surface area contributed by atoms with Gasteiger partial charge in [0, 0.05) is 43.1 Å². The van der Waals surface area contributed by atoms with E-state index in [1.165, 1.54) is 17.3 Å². The number of nitrogens with one attached hydrogen (secondary N) is 1. The molecule has 3 aromatic rings. The van der Waals surface area contributed by atoms with Crippen LogP contribution in [0, 0.1) is 31.6 Å². The van der Waals surface area contributed by atoms with Crippen LogP contribution < -0.4 is 5.32 Å². The van der Waals surface area contributed by atoms with Gasteiger partial charge in [0.2, 0.25) is 5.91 Å². The molecule has 2 saturated carbocycles. The van der Waals surface area contributed by atoms with Crippen molar-refractivity contribution in [2.45, 2.75) is 77.7 Å². The molecule has 3 heterocycles. The molecule has 2 aromatic heterocycles. The number of carbonyl (C=O) groups excluding carboxylic acids is 2. The summed E-state index contributed by atoms with van der Waals surface area (Å²) >= 11 is 0. The number of imidazole rings is 1. The van der Waals surface area contributed by atoms with Crippen LogP contribution >= 0.6 is 0 Å². The van der Waals surface area contributed by atoms with Crippen molar-refractivity contribution in [3.63, 3.8) is 0 Å². The maximum Gasteiger partial charge on any atom is 0.329 e. The van der Waals surface area contributed by atoms with Gasteiger partial charge < -0.3 is 14.8 Å². The monoisotopic (exact) mass is 529 g/mol. The zero-order valence-corrected chi connectivity index (χ0v) is 23.4. The summed E-state index contributed by atoms with van der Waals surface area (Å²) < 4.78 is 3.82. The fourth-order valence-electron chi connectivity index (χ4n) is 6.56. The summed E-state index contributed by atoms with van der Waals surface area (Å²) in [5, 5.41) is 12.7. The van der Waals surface area contributed by atoms with Gasteiger partial charge in [0.15, 0.2) is 0 Å². The molecule has 3 fully saturated rings. The standard InChI is InChI=1S/C30H39N7O2/c1-18(2)11-21-13-22(14-21)27-33-34-28(37(27)23-6-7-23)24-15-36(30(39)35-10-9-31-17-35)16-25(24)29(38)32-26-8-5-19(3)12-20(26)4/h5,8-10,12,17-18,21-25H,6-7,11,13-16H2,1-4H3,(H,32,38)/t21?,22?,24-,25-/m0/s1. The van der Waals surface area contributed by atoms with Crippen molar-refractivity contribution in [1.29, 1.82) is 0 Å². The van der Waals surface area contributed by atoms with E-state index in [9.17, 15) is 9.59 Å². The van der Waals surface area contributed by atoms with Gasteiger partial charge in [-0.05, 0) is 69.4 Å². The number of carbonyl (C=O) groups is 2. The van der Waals surface area contributed by atoms with Crippen molar-refractivity contribution >= 4 is 17.6 Å². The van der Waals surface area contributed by atoms with Gasteiger partial charge >= 0.3 is 6.03 Å². The molecule has 1 N–H and O–H groups in total. The van der Waals surface area contributed by atoms with Gasteiger partial charge in [0.25, 0.3) is 0 Å². The molecule has 0 radical (unpaired) electrons. The van der Waals surface area contributed by atoms with E-state index < -0.39 is 5.92 Å². The van der Waals surface area contributed by atoms with Crippen LogP contribution in [0.5, 0.6) is 0 Å². The zero-order valence-electron chi connectivity index (χ0n) is 23.4. The van der Waals surface area contributed by atoms with Gasteiger partial charge in [-0.2, -0.15) is 0 Å². The Morgan fingerprint density at radius 2 is 1.85 bits per heavy atom. The quantitative estimate of drug-likeness (QED) is 0.449. The van der Waals surface area contributed by atoms with Gasteiger partial charge in [0.05, 0.1) is 11.8 Å². The van der Waals surface area contributed by atoms with E-state index in [4.69, 9.17) is 10.2 Å². The van der Waals surface area contributed by atoms with E-state index >= 15 is 0 Å². The minimum Gasteiger partial charge on any atom is -0.326 e. The van der Waals surface area contributed by atoms with E-state index in [1.54, 1.807) is 17.3 Å². The van der Waals surface area contributed by atoms with Gasteiger partial charge in [-0.25, -0.2) is 9.78 Å². The Balaban J connectivity index is 1.29. The molecule has 206 valence electrons. The van der Waals surface area contributed by atoms with Gasteiger partial charge in [-0.15, -0.1) is 10.2 Å². The SMILES string of the molecule is Cc1ccc(NC(=O)[C@H]2CN(C(=O)n3ccnc3)C[C@@H]2c2nnc(C3CC(CC(C)C)C3)n2C2CC2)c(C)c1. The highest BCUT2D eigenvalue weighted by Crippen LogP contribution is 2.48. The lowest BCUT2D eigenvalue weighted by atomic mass is 9.71. The second-order valence-corrected chi connectivity index (χ2v) is 12.4. The Hall–Kier alpha value is -3.49. The van der Waals surface area contributed by atoms with Crippen molar-refractivity contribution in [3.05, 3.63) is 59.7 Å². The third kappa shape index (κ3) is 5.11. The summed E-state index contributed by atoms with van der Waals surface area (Å²) in [7, 11) is 0. The number of anilines is 1. The molecule has 39 heavy (non-hydrogen) atoms. The molecule has 0 bridgehead atoms. The third-order valence-corrected chi connectivity index (χ3v) is 8.69. The minimum absolute atomic E-state index is 0.0829. The number of amides is 2. The van der Waals surface area contributed by atoms with Crippen molar-refractivity contribution in [1.82, 2.24) is 29.2 Å². The second-order valence-electron chi connectivity index (χ2n) is 12.4. The van der Waals surface area contributed by atoms with Crippen molar-refractivity contribution in [2.75, 3.05) is 18.4 Å². The van der Waals surface area contributed by atoms with E-state index in [2.05, 4.69) is 34.8 Å². The van der Waals surface area contributed by atoms with Crippen molar-refractivity contribution < 1.29 is 9.59 Å². The van der Waals surface area contributed by atoms with Crippen LogP contribution in [0.2, 0.25) is 0 Å². The summed E-state index contributed by atoms with van der Waals surface area (Å²) in [4.78, 5) is 32.9. The highest BCUT2D eigenvalue weighted by Gasteiger charge is 2.46. The minimum atomic E-state index is -0.428. The molecule has 2 atom stereocenters. The number of benzene rings is 1. The van der Waals surface area contributed by atoms with Gasteiger partial charge in [0.1, 0.15) is 18.0 Å². The summed E-state index contributed by atoms with van der Waals surface area (Å²) in [6.45, 7) is 9.38. The molecule has 3 aliphatic rings. The molecule has 1 aromatic carbocycles. The number of hydrogen-bond donors (Lipinski definition) is 1. The van der Waals surface area contributed by atoms with Crippen LogP contribution in [0.1, 0.15) is 86.6 Å². The first-order valence-electron chi connectivity index (χ1n) is 14.4. The average Bonchev–Trinajstić information content (AvgIpc) is 3.25. The molecule has 6 rings (SSSR count). The number of nitrogens with zero attached hydrogens (tertiary/aromatic N) is 6. The van der Waals surface area contributed by atoms with Crippen molar-refractivity contribution in [3.8, 4) is 0 Å². The molecule has 9 heteroatoms. The van der Waals surface area contributed by atoms with Crippen LogP contribution in [-0.4, -0.2) is 54.2 Å². The summed E-state index contributed by atoms with van der Waals surface area (Å²) in [6, 6.07) is 6.25. The molecule has 1 aliphatic heterocycles. The van der Waals surface area contributed by atoms with Crippen molar-refractivity contribution in [2.24, 2.45) is 17.8 Å². The summed E-state index contributed by atoms with van der Waals surface area (Å²) in [5.74, 6) is 3.11. The maximum atomic E-state index is 13.8. The van der Waals surface area contributed by atoms with Crippen LogP contribution in [0.4, 0.5) is 10.5 Å². The first-order chi connectivity index (χ1) is 18.8. The molecule has 1 saturated heterocycles. The van der Waals surface area contributed by atoms with Crippen LogP contribution in [0.15, 0.2) is 36.9 Å². The number of aromatic nitrogens is 5. The highest BCUT2D eigenvalue weighted by atomic mass is 16.2. The van der Waals surface area contributed by atoms with E-state index in [-0.39, 0.29) is 17.9 Å². The highest BCUT2D eigenvalue weighted by molar-refractivity contribution is 5.95. The molecular formula is C30H39N7O2. The Labute approximate surface area is 230 Å². The Morgan fingerprint density at radius 3 is 2.51 bits per heavy atom. The van der Waals surface area contributed by atoms with Crippen LogP contribution in [0.3, 0.4) is 0 Å². The Kier molecular flexibility index (Phi) is 6.77. The zero-order chi connectivity index (χ0) is 27.3.